The van der Waals surface area contributed by atoms with E-state index in [2.05, 4.69) is 20.4 Å². The van der Waals surface area contributed by atoms with Gasteiger partial charge in [-0.2, -0.15) is 4.98 Å². The molecule has 7 nitrogen and oxygen atoms in total. The Bertz CT molecular complexity index is 823. The summed E-state index contributed by atoms with van der Waals surface area (Å²) in [6.45, 7) is 0.0781. The van der Waals surface area contributed by atoms with Gasteiger partial charge in [0, 0.05) is 11.8 Å². The van der Waals surface area contributed by atoms with Crippen molar-refractivity contribution in [1.29, 1.82) is 0 Å². The van der Waals surface area contributed by atoms with Gasteiger partial charge in [-0.05, 0) is 24.3 Å². The molecule has 2 aromatic heterocycles. The van der Waals surface area contributed by atoms with Crippen LogP contribution in [0.4, 0.5) is 0 Å². The number of hydrogen-bond donors (Lipinski definition) is 1. The first-order valence-corrected chi connectivity index (χ1v) is 7.48. The van der Waals surface area contributed by atoms with Crippen molar-refractivity contribution in [3.63, 3.8) is 0 Å². The number of pyridine rings is 1. The molecule has 2 heterocycles. The number of halogens is 1. The van der Waals surface area contributed by atoms with E-state index in [1.807, 2.05) is 18.2 Å². The van der Waals surface area contributed by atoms with Gasteiger partial charge in [-0.15, -0.1) is 0 Å². The van der Waals surface area contributed by atoms with Crippen molar-refractivity contribution in [1.82, 2.24) is 20.4 Å². The minimum atomic E-state index is -0.321. The van der Waals surface area contributed by atoms with Crippen molar-refractivity contribution in [2.24, 2.45) is 0 Å². The molecule has 0 fully saturated rings. The highest BCUT2D eigenvalue weighted by Crippen LogP contribution is 2.26. The zero-order valence-electron chi connectivity index (χ0n) is 12.5. The van der Waals surface area contributed by atoms with Crippen LogP contribution in [0, 0.1) is 0 Å². The van der Waals surface area contributed by atoms with Crippen LogP contribution in [0.2, 0.25) is 5.02 Å². The van der Waals surface area contributed by atoms with E-state index < -0.39 is 0 Å². The third kappa shape index (κ3) is 4.08. The van der Waals surface area contributed by atoms with Gasteiger partial charge in [-0.25, -0.2) is 0 Å². The largest absolute Gasteiger partial charge is 0.439 e. The Morgan fingerprint density at radius 1 is 1.21 bits per heavy atom. The molecule has 122 valence electrons. The van der Waals surface area contributed by atoms with Gasteiger partial charge in [0.1, 0.15) is 0 Å². The van der Waals surface area contributed by atoms with Gasteiger partial charge < -0.3 is 10.1 Å². The number of aromatic nitrogens is 3. The van der Waals surface area contributed by atoms with Gasteiger partial charge in [-0.1, -0.05) is 35.0 Å². The summed E-state index contributed by atoms with van der Waals surface area (Å²) in [7, 11) is 0. The van der Waals surface area contributed by atoms with Crippen molar-refractivity contribution in [2.45, 2.75) is 6.54 Å². The van der Waals surface area contributed by atoms with Crippen LogP contribution >= 0.6 is 11.6 Å². The van der Waals surface area contributed by atoms with Gasteiger partial charge in [-0.3, -0.25) is 14.3 Å². The van der Waals surface area contributed by atoms with Crippen LogP contribution in [0.1, 0.15) is 5.69 Å². The average molecular weight is 345 g/mol. The predicted octanol–water partition coefficient (Wildman–Crippen LogP) is 2.48. The van der Waals surface area contributed by atoms with Crippen LogP contribution in [0.15, 0.2) is 53.2 Å². The fraction of sp³-hybridized carbons (Fsp3) is 0.125. The summed E-state index contributed by atoms with van der Waals surface area (Å²) < 4.78 is 10.1. The van der Waals surface area contributed by atoms with Crippen molar-refractivity contribution < 1.29 is 14.1 Å². The topological polar surface area (TPSA) is 90.1 Å². The Hall–Kier alpha value is -2.93. The number of amides is 1. The van der Waals surface area contributed by atoms with E-state index in [0.29, 0.717) is 23.0 Å². The van der Waals surface area contributed by atoms with Crippen LogP contribution in [0.25, 0.3) is 11.4 Å². The molecule has 3 rings (SSSR count). The summed E-state index contributed by atoms with van der Waals surface area (Å²) in [5.74, 6) is -0.0253. The minimum Gasteiger partial charge on any atom is -0.439 e. The maximum atomic E-state index is 11.7. The van der Waals surface area contributed by atoms with Gasteiger partial charge in [0.25, 0.3) is 5.91 Å². The molecule has 1 aromatic carbocycles. The molecule has 0 aliphatic carbocycles. The number of carbonyl (C=O) groups is 1. The van der Waals surface area contributed by atoms with Crippen LogP contribution in [-0.4, -0.2) is 27.6 Å². The lowest BCUT2D eigenvalue weighted by atomic mass is 10.2. The van der Waals surface area contributed by atoms with Crippen LogP contribution < -0.4 is 10.1 Å². The van der Waals surface area contributed by atoms with E-state index in [9.17, 15) is 4.79 Å². The lowest BCUT2D eigenvalue weighted by Crippen LogP contribution is -2.28. The number of carbonyl (C=O) groups excluding carboxylic acids is 1. The van der Waals surface area contributed by atoms with E-state index >= 15 is 0 Å². The van der Waals surface area contributed by atoms with Crippen molar-refractivity contribution in [3.8, 4) is 17.5 Å². The maximum absolute atomic E-state index is 11.7. The first-order chi connectivity index (χ1) is 11.7. The summed E-state index contributed by atoms with van der Waals surface area (Å²) in [5, 5.41) is 6.96. The summed E-state index contributed by atoms with van der Waals surface area (Å²) in [4.78, 5) is 19.9. The molecular weight excluding hydrogens is 332 g/mol. The molecule has 0 spiro atoms. The van der Waals surface area contributed by atoms with Crippen LogP contribution in [-0.2, 0) is 11.3 Å². The average Bonchev–Trinajstić information content (AvgIpc) is 3.08. The molecule has 0 atom stereocenters. The second kappa shape index (κ2) is 7.56. The fourth-order valence-corrected chi connectivity index (χ4v) is 2.11. The summed E-state index contributed by atoms with van der Waals surface area (Å²) in [6.07, 6.45) is 1.56. The number of nitrogens with zero attached hydrogens (tertiary/aromatic N) is 3. The lowest BCUT2D eigenvalue weighted by molar-refractivity contribution is -0.123. The molecular formula is C16H13ClN4O3. The number of rotatable bonds is 6. The second-order valence-electron chi connectivity index (χ2n) is 4.75. The Morgan fingerprint density at radius 3 is 2.83 bits per heavy atom. The number of hydrogen-bond acceptors (Lipinski definition) is 6. The summed E-state index contributed by atoms with van der Waals surface area (Å²) in [5.41, 5.74) is 1.38. The molecule has 0 aliphatic rings. The molecule has 0 radical (unpaired) electrons. The van der Waals surface area contributed by atoms with E-state index in [1.165, 1.54) is 0 Å². The highest BCUT2D eigenvalue weighted by molar-refractivity contribution is 6.33. The van der Waals surface area contributed by atoms with E-state index in [4.69, 9.17) is 20.9 Å². The van der Waals surface area contributed by atoms with Crippen LogP contribution in [0.5, 0.6) is 6.08 Å². The Morgan fingerprint density at radius 2 is 2.04 bits per heavy atom. The second-order valence-corrected chi connectivity index (χ2v) is 5.16. The highest BCUT2D eigenvalue weighted by Gasteiger charge is 2.13. The highest BCUT2D eigenvalue weighted by atomic mass is 35.5. The molecule has 0 saturated carbocycles. The van der Waals surface area contributed by atoms with E-state index in [0.717, 1.165) is 5.69 Å². The van der Waals surface area contributed by atoms with Gasteiger partial charge in [0.2, 0.25) is 5.82 Å². The standard InChI is InChI=1S/C16H13ClN4O3/c17-13-7-2-1-6-12(13)15-20-16(24-21-15)23-10-14(22)19-9-11-5-3-4-8-18-11/h1-8H,9-10H2,(H,19,22). The first kappa shape index (κ1) is 15.9. The quantitative estimate of drug-likeness (QED) is 0.738. The number of benzene rings is 1. The Kier molecular flexibility index (Phi) is 5.02. The van der Waals surface area contributed by atoms with Gasteiger partial charge in [0.05, 0.1) is 17.3 Å². The van der Waals surface area contributed by atoms with Gasteiger partial charge in [0.15, 0.2) is 6.61 Å². The van der Waals surface area contributed by atoms with Crippen molar-refractivity contribution in [2.75, 3.05) is 6.61 Å². The fourth-order valence-electron chi connectivity index (χ4n) is 1.89. The first-order valence-electron chi connectivity index (χ1n) is 7.10. The number of ether oxygens (including phenoxy) is 1. The summed E-state index contributed by atoms with van der Waals surface area (Å²) >= 11 is 6.06. The number of nitrogens with one attached hydrogen (secondary N) is 1. The monoisotopic (exact) mass is 344 g/mol. The Labute approximate surface area is 142 Å². The summed E-state index contributed by atoms with van der Waals surface area (Å²) in [6, 6.07) is 12.6. The Balaban J connectivity index is 1.52. The molecule has 0 saturated heterocycles. The smallest absolute Gasteiger partial charge is 0.418 e. The zero-order chi connectivity index (χ0) is 16.8. The lowest BCUT2D eigenvalue weighted by Gasteiger charge is -2.04. The molecule has 0 bridgehead atoms. The maximum Gasteiger partial charge on any atom is 0.418 e. The van der Waals surface area contributed by atoms with Crippen molar-refractivity contribution in [3.05, 3.63) is 59.4 Å². The van der Waals surface area contributed by atoms with E-state index in [1.54, 1.807) is 30.5 Å². The van der Waals surface area contributed by atoms with Crippen molar-refractivity contribution >= 4 is 17.5 Å². The van der Waals surface area contributed by atoms with Gasteiger partial charge >= 0.3 is 6.08 Å². The molecule has 1 amide bonds. The molecule has 0 unspecified atom stereocenters. The minimum absolute atomic E-state index is 0.0992. The molecule has 24 heavy (non-hydrogen) atoms. The third-order valence-electron chi connectivity index (χ3n) is 3.04. The van der Waals surface area contributed by atoms with Crippen LogP contribution in [0.3, 0.4) is 0 Å². The molecule has 0 aliphatic heterocycles. The zero-order valence-corrected chi connectivity index (χ0v) is 13.2. The molecule has 3 aromatic rings. The molecule has 8 heteroatoms. The normalized spacial score (nSPS) is 10.4. The van der Waals surface area contributed by atoms with E-state index in [-0.39, 0.29) is 18.6 Å². The SMILES string of the molecule is O=C(COc1nc(-c2ccccc2Cl)no1)NCc1ccccn1. The molecule has 1 N–H and O–H groups in total. The third-order valence-corrected chi connectivity index (χ3v) is 3.37. The predicted molar refractivity (Wildman–Crippen MR) is 86.3 cm³/mol.